The molecule has 0 aliphatic rings. The van der Waals surface area contributed by atoms with E-state index < -0.39 is 5.97 Å². The fourth-order valence-corrected chi connectivity index (χ4v) is 3.62. The van der Waals surface area contributed by atoms with E-state index in [1.165, 1.54) is 0 Å². The summed E-state index contributed by atoms with van der Waals surface area (Å²) in [7, 11) is 0. The largest absolute Gasteiger partial charge is 0.481 e. The Morgan fingerprint density at radius 3 is 2.00 bits per heavy atom. The molecule has 0 unspecified atom stereocenters. The summed E-state index contributed by atoms with van der Waals surface area (Å²) in [4.78, 5) is 12.4. The van der Waals surface area contributed by atoms with Crippen molar-refractivity contribution >= 4 is 21.9 Å². The number of hydrogen-bond acceptors (Lipinski definition) is 3. The van der Waals surface area contributed by atoms with E-state index in [2.05, 4.69) is 15.9 Å². The maximum atomic E-state index is 12.4. The average Bonchev–Trinajstić information content (AvgIpc) is 2.80. The average molecular weight is 459 g/mol. The molecule has 0 spiro atoms. The van der Waals surface area contributed by atoms with Gasteiger partial charge in [0.2, 0.25) is 0 Å². The van der Waals surface area contributed by atoms with E-state index in [-0.39, 0.29) is 6.61 Å². The molecule has 0 aliphatic heterocycles. The van der Waals surface area contributed by atoms with E-state index >= 15 is 0 Å². The molecule has 0 N–H and O–H groups in total. The SMILES string of the molecule is O=C(COc1ccc(-c2ccccc2)cc1Br)Oc1ccccc1-c1ccccc1. The van der Waals surface area contributed by atoms with Gasteiger partial charge in [-0.3, -0.25) is 0 Å². The first kappa shape index (κ1) is 19.9. The third-order valence-corrected chi connectivity index (χ3v) is 5.20. The lowest BCUT2D eigenvalue weighted by Crippen LogP contribution is -2.18. The van der Waals surface area contributed by atoms with Gasteiger partial charge in [-0.15, -0.1) is 0 Å². The monoisotopic (exact) mass is 458 g/mol. The quantitative estimate of drug-likeness (QED) is 0.236. The molecule has 4 heteroatoms. The third kappa shape index (κ3) is 4.78. The molecule has 0 amide bonds. The molecule has 0 fully saturated rings. The van der Waals surface area contributed by atoms with Gasteiger partial charge >= 0.3 is 5.97 Å². The molecule has 4 aromatic carbocycles. The van der Waals surface area contributed by atoms with Crippen molar-refractivity contribution in [1.82, 2.24) is 0 Å². The van der Waals surface area contributed by atoms with Crippen LogP contribution in [0, 0.1) is 0 Å². The van der Waals surface area contributed by atoms with Crippen molar-refractivity contribution in [3.63, 3.8) is 0 Å². The standard InChI is InChI=1S/C26H19BrO3/c27-23-17-21(19-9-3-1-4-10-19)15-16-25(23)29-18-26(28)30-24-14-8-7-13-22(24)20-11-5-2-6-12-20/h1-17H,18H2. The highest BCUT2D eigenvalue weighted by molar-refractivity contribution is 9.10. The number of para-hydroxylation sites is 1. The molecule has 0 radical (unpaired) electrons. The summed E-state index contributed by atoms with van der Waals surface area (Å²) in [6.07, 6.45) is 0. The second-order valence-electron chi connectivity index (χ2n) is 6.64. The molecular formula is C26H19BrO3. The van der Waals surface area contributed by atoms with Crippen molar-refractivity contribution in [2.45, 2.75) is 0 Å². The maximum Gasteiger partial charge on any atom is 0.349 e. The van der Waals surface area contributed by atoms with E-state index in [1.54, 1.807) is 6.07 Å². The van der Waals surface area contributed by atoms with E-state index in [0.717, 1.165) is 26.7 Å². The summed E-state index contributed by atoms with van der Waals surface area (Å²) >= 11 is 3.53. The van der Waals surface area contributed by atoms with Crippen LogP contribution in [0.25, 0.3) is 22.3 Å². The van der Waals surface area contributed by atoms with Gasteiger partial charge < -0.3 is 9.47 Å². The highest BCUT2D eigenvalue weighted by Gasteiger charge is 2.12. The Kier molecular flexibility index (Phi) is 6.26. The summed E-state index contributed by atoms with van der Waals surface area (Å²) in [5.41, 5.74) is 4.02. The number of ether oxygens (including phenoxy) is 2. The Morgan fingerprint density at radius 1 is 0.667 bits per heavy atom. The minimum absolute atomic E-state index is 0.188. The van der Waals surface area contributed by atoms with Gasteiger partial charge in [0, 0.05) is 5.56 Å². The van der Waals surface area contributed by atoms with Crippen LogP contribution in [0.1, 0.15) is 0 Å². The molecule has 3 nitrogen and oxygen atoms in total. The predicted molar refractivity (Wildman–Crippen MR) is 123 cm³/mol. The van der Waals surface area contributed by atoms with Crippen LogP contribution >= 0.6 is 15.9 Å². The van der Waals surface area contributed by atoms with Gasteiger partial charge in [-0.1, -0.05) is 84.9 Å². The number of carbonyl (C=O) groups excluding carboxylic acids is 1. The molecule has 30 heavy (non-hydrogen) atoms. The molecule has 4 aromatic rings. The Hall–Kier alpha value is -3.37. The molecule has 0 aliphatic carbocycles. The number of rotatable bonds is 6. The lowest BCUT2D eigenvalue weighted by Gasteiger charge is -2.12. The number of halogens is 1. The highest BCUT2D eigenvalue weighted by atomic mass is 79.9. The molecule has 0 bridgehead atoms. The molecule has 0 saturated carbocycles. The Bertz CT molecular complexity index is 1140. The van der Waals surface area contributed by atoms with Crippen LogP contribution in [-0.2, 0) is 4.79 Å². The topological polar surface area (TPSA) is 35.5 Å². The zero-order valence-corrected chi connectivity index (χ0v) is 17.7. The fourth-order valence-electron chi connectivity index (χ4n) is 3.13. The van der Waals surface area contributed by atoms with Crippen LogP contribution in [0.5, 0.6) is 11.5 Å². The normalized spacial score (nSPS) is 10.4. The maximum absolute atomic E-state index is 12.4. The van der Waals surface area contributed by atoms with Crippen LogP contribution < -0.4 is 9.47 Å². The van der Waals surface area contributed by atoms with Crippen molar-refractivity contribution in [2.24, 2.45) is 0 Å². The Balaban J connectivity index is 1.43. The molecule has 0 atom stereocenters. The zero-order valence-electron chi connectivity index (χ0n) is 16.1. The van der Waals surface area contributed by atoms with Gasteiger partial charge in [-0.05, 0) is 50.8 Å². The first-order valence-electron chi connectivity index (χ1n) is 9.53. The Labute approximate surface area is 184 Å². The molecular weight excluding hydrogens is 440 g/mol. The Morgan fingerprint density at radius 2 is 1.30 bits per heavy atom. The van der Waals surface area contributed by atoms with Gasteiger partial charge in [0.25, 0.3) is 0 Å². The van der Waals surface area contributed by atoms with Crippen molar-refractivity contribution in [1.29, 1.82) is 0 Å². The summed E-state index contributed by atoms with van der Waals surface area (Å²) in [5.74, 6) is 0.635. The second kappa shape index (κ2) is 9.42. The van der Waals surface area contributed by atoms with Crippen molar-refractivity contribution in [3.8, 4) is 33.8 Å². The summed E-state index contributed by atoms with van der Waals surface area (Å²) < 4.78 is 12.0. The van der Waals surface area contributed by atoms with Crippen LogP contribution in [0.15, 0.2) is 108 Å². The molecule has 0 saturated heterocycles. The van der Waals surface area contributed by atoms with Gasteiger partial charge in [0.1, 0.15) is 11.5 Å². The van der Waals surface area contributed by atoms with Crippen molar-refractivity contribution in [2.75, 3.05) is 6.61 Å². The number of hydrogen-bond donors (Lipinski definition) is 0. The predicted octanol–water partition coefficient (Wildman–Crippen LogP) is 6.77. The minimum atomic E-state index is -0.461. The van der Waals surface area contributed by atoms with E-state index in [4.69, 9.17) is 9.47 Å². The van der Waals surface area contributed by atoms with Gasteiger partial charge in [0.15, 0.2) is 6.61 Å². The molecule has 148 valence electrons. The number of carbonyl (C=O) groups is 1. The van der Waals surface area contributed by atoms with Gasteiger partial charge in [-0.2, -0.15) is 0 Å². The minimum Gasteiger partial charge on any atom is -0.481 e. The van der Waals surface area contributed by atoms with Crippen LogP contribution in [-0.4, -0.2) is 12.6 Å². The van der Waals surface area contributed by atoms with Crippen LogP contribution in [0.4, 0.5) is 0 Å². The lowest BCUT2D eigenvalue weighted by atomic mass is 10.1. The van der Waals surface area contributed by atoms with Crippen molar-refractivity contribution in [3.05, 3.63) is 108 Å². The van der Waals surface area contributed by atoms with E-state index in [9.17, 15) is 4.79 Å². The summed E-state index contributed by atoms with van der Waals surface area (Å²) in [6.45, 7) is -0.188. The van der Waals surface area contributed by atoms with Crippen LogP contribution in [0.2, 0.25) is 0 Å². The fraction of sp³-hybridized carbons (Fsp3) is 0.0385. The zero-order chi connectivity index (χ0) is 20.8. The summed E-state index contributed by atoms with van der Waals surface area (Å²) in [6, 6.07) is 33.1. The van der Waals surface area contributed by atoms with Gasteiger partial charge in [-0.25, -0.2) is 4.79 Å². The smallest absolute Gasteiger partial charge is 0.349 e. The first-order valence-corrected chi connectivity index (χ1v) is 10.3. The number of benzene rings is 4. The van der Waals surface area contributed by atoms with E-state index in [1.807, 2.05) is 97.1 Å². The lowest BCUT2D eigenvalue weighted by molar-refractivity contribution is -0.136. The second-order valence-corrected chi connectivity index (χ2v) is 7.49. The summed E-state index contributed by atoms with van der Waals surface area (Å²) in [5, 5.41) is 0. The van der Waals surface area contributed by atoms with E-state index in [0.29, 0.717) is 11.5 Å². The number of esters is 1. The highest BCUT2D eigenvalue weighted by Crippen LogP contribution is 2.32. The molecule has 0 aromatic heterocycles. The molecule has 4 rings (SSSR count). The van der Waals surface area contributed by atoms with Crippen LogP contribution in [0.3, 0.4) is 0 Å². The molecule has 0 heterocycles. The first-order chi connectivity index (χ1) is 14.7. The third-order valence-electron chi connectivity index (χ3n) is 4.58. The van der Waals surface area contributed by atoms with Gasteiger partial charge in [0.05, 0.1) is 4.47 Å². The van der Waals surface area contributed by atoms with Crippen molar-refractivity contribution < 1.29 is 14.3 Å².